The van der Waals surface area contributed by atoms with Gasteiger partial charge in [0.25, 0.3) is 0 Å². The van der Waals surface area contributed by atoms with Gasteiger partial charge in [-0.2, -0.15) is 5.10 Å². The highest BCUT2D eigenvalue weighted by Gasteiger charge is 2.36. The molecule has 1 aromatic rings. The fourth-order valence-corrected chi connectivity index (χ4v) is 4.58. The number of sulfone groups is 1. The monoisotopic (exact) mass is 322 g/mol. The number of hydrogen-bond acceptors (Lipinski definition) is 4. The number of carboxylic acid groups (broad SMARTS) is 1. The van der Waals surface area contributed by atoms with Crippen LogP contribution in [-0.4, -0.2) is 34.5 Å². The number of hydrogen-bond donors (Lipinski definition) is 1. The van der Waals surface area contributed by atoms with Crippen LogP contribution >= 0.6 is 11.6 Å². The number of aryl methyl sites for hydroxylation is 2. The maximum atomic E-state index is 12.3. The van der Waals surface area contributed by atoms with E-state index in [1.54, 1.807) is 20.9 Å². The molecule has 0 fully saturated rings. The summed E-state index contributed by atoms with van der Waals surface area (Å²) in [4.78, 5) is 11.2. The van der Waals surface area contributed by atoms with E-state index >= 15 is 0 Å². The Hall–Kier alpha value is -1.08. The first-order chi connectivity index (χ1) is 9.11. The van der Waals surface area contributed by atoms with Crippen LogP contribution in [0.2, 0.25) is 5.02 Å². The van der Waals surface area contributed by atoms with Gasteiger partial charge in [-0.05, 0) is 12.3 Å². The van der Waals surface area contributed by atoms with E-state index in [0.29, 0.717) is 22.8 Å². The highest BCUT2D eigenvalue weighted by Crippen LogP contribution is 2.25. The largest absolute Gasteiger partial charge is 0.480 e. The number of carboxylic acids is 1. The molecule has 0 bridgehead atoms. The Morgan fingerprint density at radius 1 is 1.45 bits per heavy atom. The van der Waals surface area contributed by atoms with Gasteiger partial charge in [0.1, 0.15) is 0 Å². The minimum atomic E-state index is -3.86. The third kappa shape index (κ3) is 3.32. The van der Waals surface area contributed by atoms with E-state index in [0.717, 1.165) is 0 Å². The van der Waals surface area contributed by atoms with E-state index in [1.807, 2.05) is 6.92 Å². The van der Waals surface area contributed by atoms with Gasteiger partial charge in [-0.3, -0.25) is 9.48 Å². The molecule has 0 aliphatic rings. The lowest BCUT2D eigenvalue weighted by Gasteiger charge is -2.17. The van der Waals surface area contributed by atoms with E-state index < -0.39 is 32.7 Å². The summed E-state index contributed by atoms with van der Waals surface area (Å²) in [5.41, 5.74) is 0.936. The van der Waals surface area contributed by atoms with E-state index in [4.69, 9.17) is 16.7 Å². The number of rotatable bonds is 6. The SMILES string of the molecule is CCc1nn(C)c(CS(=O)(=O)C(C(=O)O)C(C)C)c1Cl. The van der Waals surface area contributed by atoms with Crippen molar-refractivity contribution in [2.45, 2.75) is 38.2 Å². The second-order valence-corrected chi connectivity index (χ2v) is 7.49. The average Bonchev–Trinajstić information content (AvgIpc) is 2.54. The summed E-state index contributed by atoms with van der Waals surface area (Å²) in [6.07, 6.45) is 0.583. The van der Waals surface area contributed by atoms with Crippen molar-refractivity contribution < 1.29 is 18.3 Å². The van der Waals surface area contributed by atoms with Crippen LogP contribution < -0.4 is 0 Å². The molecule has 1 unspecified atom stereocenters. The molecule has 1 N–H and O–H groups in total. The third-order valence-corrected chi connectivity index (χ3v) is 5.71. The zero-order valence-corrected chi connectivity index (χ0v) is 13.5. The van der Waals surface area contributed by atoms with Gasteiger partial charge < -0.3 is 5.11 Å². The summed E-state index contributed by atoms with van der Waals surface area (Å²) >= 11 is 6.10. The second kappa shape index (κ2) is 6.13. The number of carbonyl (C=O) groups is 1. The van der Waals surface area contributed by atoms with Crippen molar-refractivity contribution in [2.75, 3.05) is 0 Å². The molecule has 0 aliphatic carbocycles. The summed E-state index contributed by atoms with van der Waals surface area (Å²) in [7, 11) is -2.26. The Balaban J connectivity index is 3.20. The molecule has 6 nitrogen and oxygen atoms in total. The van der Waals surface area contributed by atoms with Crippen molar-refractivity contribution in [2.24, 2.45) is 13.0 Å². The first-order valence-electron chi connectivity index (χ1n) is 6.26. The number of aromatic nitrogens is 2. The van der Waals surface area contributed by atoms with Crippen LogP contribution in [0.3, 0.4) is 0 Å². The molecule has 0 spiro atoms. The summed E-state index contributed by atoms with van der Waals surface area (Å²) in [6.45, 7) is 5.00. The molecule has 0 saturated carbocycles. The molecule has 8 heteroatoms. The van der Waals surface area contributed by atoms with Crippen molar-refractivity contribution in [3.05, 3.63) is 16.4 Å². The van der Waals surface area contributed by atoms with Crippen LogP contribution in [0.15, 0.2) is 0 Å². The highest BCUT2D eigenvalue weighted by molar-refractivity contribution is 7.92. The molecule has 20 heavy (non-hydrogen) atoms. The second-order valence-electron chi connectivity index (χ2n) is 4.99. The lowest BCUT2D eigenvalue weighted by atomic mass is 10.1. The Bertz CT molecular complexity index is 607. The van der Waals surface area contributed by atoms with Crippen LogP contribution in [0.5, 0.6) is 0 Å². The maximum Gasteiger partial charge on any atom is 0.322 e. The molecule has 0 amide bonds. The van der Waals surface area contributed by atoms with Crippen LogP contribution in [-0.2, 0) is 33.9 Å². The van der Waals surface area contributed by atoms with Crippen LogP contribution in [0.1, 0.15) is 32.2 Å². The fraction of sp³-hybridized carbons (Fsp3) is 0.667. The van der Waals surface area contributed by atoms with Crippen LogP contribution in [0, 0.1) is 5.92 Å². The molecular formula is C12H19ClN2O4S. The van der Waals surface area contributed by atoms with Crippen molar-refractivity contribution in [1.82, 2.24) is 9.78 Å². The van der Waals surface area contributed by atoms with E-state index in [9.17, 15) is 13.2 Å². The van der Waals surface area contributed by atoms with Gasteiger partial charge in [-0.15, -0.1) is 0 Å². The first kappa shape index (κ1) is 17.0. The third-order valence-electron chi connectivity index (χ3n) is 3.08. The predicted octanol–water partition coefficient (Wildman–Crippen LogP) is 1.66. The number of halogens is 1. The van der Waals surface area contributed by atoms with Gasteiger partial charge in [-0.25, -0.2) is 8.42 Å². The van der Waals surface area contributed by atoms with Crippen molar-refractivity contribution >= 4 is 27.4 Å². The van der Waals surface area contributed by atoms with Crippen LogP contribution in [0.25, 0.3) is 0 Å². The highest BCUT2D eigenvalue weighted by atomic mass is 35.5. The van der Waals surface area contributed by atoms with E-state index in [1.165, 1.54) is 4.68 Å². The number of aliphatic carboxylic acids is 1. The molecule has 0 aromatic carbocycles. The minimum Gasteiger partial charge on any atom is -0.480 e. The summed E-state index contributed by atoms with van der Waals surface area (Å²) in [5, 5.41) is 12.1. The van der Waals surface area contributed by atoms with Gasteiger partial charge in [0.15, 0.2) is 15.1 Å². The zero-order valence-electron chi connectivity index (χ0n) is 11.9. The Kier molecular flexibility index (Phi) is 5.21. The average molecular weight is 323 g/mol. The standard InChI is InChI=1S/C12H19ClN2O4S/c1-5-8-10(13)9(15(4)14-8)6-20(18,19)11(7(2)3)12(16)17/h7,11H,5-6H2,1-4H3,(H,16,17). The molecule has 1 heterocycles. The minimum absolute atomic E-state index is 0.298. The number of nitrogens with zero attached hydrogens (tertiary/aromatic N) is 2. The van der Waals surface area contributed by atoms with Gasteiger partial charge in [0.05, 0.1) is 22.2 Å². The van der Waals surface area contributed by atoms with Gasteiger partial charge >= 0.3 is 5.97 Å². The topological polar surface area (TPSA) is 89.3 Å². The molecule has 0 aliphatic heterocycles. The van der Waals surface area contributed by atoms with E-state index in [-0.39, 0.29) is 0 Å². The predicted molar refractivity (Wildman–Crippen MR) is 76.5 cm³/mol. The van der Waals surface area contributed by atoms with Crippen LogP contribution in [0.4, 0.5) is 0 Å². The van der Waals surface area contributed by atoms with Crippen molar-refractivity contribution in [3.63, 3.8) is 0 Å². The first-order valence-corrected chi connectivity index (χ1v) is 8.35. The molecule has 1 atom stereocenters. The molecule has 1 rings (SSSR count). The lowest BCUT2D eigenvalue weighted by Crippen LogP contribution is -2.36. The van der Waals surface area contributed by atoms with Gasteiger partial charge in [0.2, 0.25) is 0 Å². The Labute approximate surface area is 123 Å². The summed E-state index contributed by atoms with van der Waals surface area (Å²) in [5.74, 6) is -2.28. The van der Waals surface area contributed by atoms with E-state index in [2.05, 4.69) is 5.10 Å². The van der Waals surface area contributed by atoms with Gasteiger partial charge in [-0.1, -0.05) is 32.4 Å². The fourth-order valence-electron chi connectivity index (χ4n) is 2.11. The van der Waals surface area contributed by atoms with Crippen molar-refractivity contribution in [3.8, 4) is 0 Å². The Morgan fingerprint density at radius 3 is 2.35 bits per heavy atom. The summed E-state index contributed by atoms with van der Waals surface area (Å²) in [6, 6.07) is 0. The molecule has 1 aromatic heterocycles. The molecule has 114 valence electrons. The molecule has 0 radical (unpaired) electrons. The zero-order chi connectivity index (χ0) is 15.7. The van der Waals surface area contributed by atoms with Gasteiger partial charge in [0, 0.05) is 7.05 Å². The normalized spacial score (nSPS) is 13.7. The smallest absolute Gasteiger partial charge is 0.322 e. The molecular weight excluding hydrogens is 304 g/mol. The quantitative estimate of drug-likeness (QED) is 0.860. The lowest BCUT2D eigenvalue weighted by molar-refractivity contribution is -0.137. The molecule has 0 saturated heterocycles. The summed E-state index contributed by atoms with van der Waals surface area (Å²) < 4.78 is 26.0. The maximum absolute atomic E-state index is 12.3. The van der Waals surface area contributed by atoms with Crippen molar-refractivity contribution in [1.29, 1.82) is 0 Å². The Morgan fingerprint density at radius 2 is 2.00 bits per heavy atom.